The molecule has 1 aliphatic rings. The highest BCUT2D eigenvalue weighted by atomic mass is 16.5. The summed E-state index contributed by atoms with van der Waals surface area (Å²) >= 11 is 0. The zero-order chi connectivity index (χ0) is 11.1. The Kier molecular flexibility index (Phi) is 6.26. The number of nitrogens with one attached hydrogen (secondary N) is 1. The lowest BCUT2D eigenvalue weighted by Crippen LogP contribution is -2.39. The fourth-order valence-electron chi connectivity index (χ4n) is 2.73. The molecule has 0 amide bonds. The average molecular weight is 213 g/mol. The van der Waals surface area contributed by atoms with E-state index < -0.39 is 0 Å². The van der Waals surface area contributed by atoms with Crippen molar-refractivity contribution in [3.05, 3.63) is 0 Å². The molecule has 2 nitrogen and oxygen atoms in total. The third-order valence-corrected chi connectivity index (χ3v) is 3.56. The largest absolute Gasteiger partial charge is 0.378 e. The molecule has 1 fully saturated rings. The standard InChI is InChI=1S/C13H27NO/c1-4-6-12-10-11(8-9-15-12)13(14-3)7-5-2/h11-14H,4-10H2,1-3H3. The van der Waals surface area contributed by atoms with E-state index in [1.807, 2.05) is 0 Å². The summed E-state index contributed by atoms with van der Waals surface area (Å²) < 4.78 is 5.79. The molecule has 0 aromatic heterocycles. The highest BCUT2D eigenvalue weighted by Gasteiger charge is 2.27. The summed E-state index contributed by atoms with van der Waals surface area (Å²) in [5.41, 5.74) is 0. The molecular formula is C13H27NO. The van der Waals surface area contributed by atoms with E-state index in [1.54, 1.807) is 0 Å². The summed E-state index contributed by atoms with van der Waals surface area (Å²) in [5.74, 6) is 0.834. The molecule has 0 aromatic rings. The minimum atomic E-state index is 0.529. The molecule has 0 saturated carbocycles. The third-order valence-electron chi connectivity index (χ3n) is 3.56. The van der Waals surface area contributed by atoms with Crippen molar-refractivity contribution in [2.75, 3.05) is 13.7 Å². The van der Waals surface area contributed by atoms with Gasteiger partial charge in [-0.25, -0.2) is 0 Å². The second-order valence-corrected chi connectivity index (χ2v) is 4.75. The zero-order valence-corrected chi connectivity index (χ0v) is 10.6. The molecule has 2 heteroatoms. The van der Waals surface area contributed by atoms with Gasteiger partial charge in [0, 0.05) is 12.6 Å². The van der Waals surface area contributed by atoms with Gasteiger partial charge in [-0.2, -0.15) is 0 Å². The van der Waals surface area contributed by atoms with Crippen molar-refractivity contribution >= 4 is 0 Å². The Hall–Kier alpha value is -0.0800. The smallest absolute Gasteiger partial charge is 0.0578 e. The van der Waals surface area contributed by atoms with E-state index in [2.05, 4.69) is 26.2 Å². The summed E-state index contributed by atoms with van der Waals surface area (Å²) in [6, 6.07) is 0.707. The van der Waals surface area contributed by atoms with Gasteiger partial charge in [-0.1, -0.05) is 26.7 Å². The molecule has 0 aliphatic carbocycles. The monoisotopic (exact) mass is 213 g/mol. The number of hydrogen-bond acceptors (Lipinski definition) is 2. The summed E-state index contributed by atoms with van der Waals surface area (Å²) in [6.07, 6.45) is 8.10. The van der Waals surface area contributed by atoms with Crippen molar-refractivity contribution in [2.24, 2.45) is 5.92 Å². The SMILES string of the molecule is CCCC1CC(C(CCC)NC)CCO1. The molecule has 1 saturated heterocycles. The number of hydrogen-bond donors (Lipinski definition) is 1. The molecule has 1 rings (SSSR count). The van der Waals surface area contributed by atoms with Crippen LogP contribution in [0.1, 0.15) is 52.4 Å². The van der Waals surface area contributed by atoms with Crippen LogP contribution in [-0.4, -0.2) is 25.8 Å². The first kappa shape index (κ1) is 13.0. The topological polar surface area (TPSA) is 21.3 Å². The highest BCUT2D eigenvalue weighted by Crippen LogP contribution is 2.27. The highest BCUT2D eigenvalue weighted by molar-refractivity contribution is 4.80. The summed E-state index contributed by atoms with van der Waals surface area (Å²) in [5, 5.41) is 3.48. The molecule has 90 valence electrons. The van der Waals surface area contributed by atoms with Gasteiger partial charge in [-0.3, -0.25) is 0 Å². The van der Waals surface area contributed by atoms with Crippen LogP contribution in [0, 0.1) is 5.92 Å². The lowest BCUT2D eigenvalue weighted by Gasteiger charge is -2.34. The minimum absolute atomic E-state index is 0.529. The Morgan fingerprint density at radius 2 is 2.13 bits per heavy atom. The maximum absolute atomic E-state index is 5.79. The van der Waals surface area contributed by atoms with Crippen LogP contribution >= 0.6 is 0 Å². The van der Waals surface area contributed by atoms with Gasteiger partial charge in [-0.15, -0.1) is 0 Å². The summed E-state index contributed by atoms with van der Waals surface area (Å²) in [7, 11) is 2.10. The quantitative estimate of drug-likeness (QED) is 0.732. The van der Waals surface area contributed by atoms with E-state index in [-0.39, 0.29) is 0 Å². The van der Waals surface area contributed by atoms with Gasteiger partial charge in [-0.05, 0) is 38.6 Å². The van der Waals surface area contributed by atoms with Crippen LogP contribution in [-0.2, 0) is 4.74 Å². The van der Waals surface area contributed by atoms with E-state index in [4.69, 9.17) is 4.74 Å². The Bertz CT molecular complexity index is 159. The molecule has 15 heavy (non-hydrogen) atoms. The van der Waals surface area contributed by atoms with Crippen LogP contribution in [0.4, 0.5) is 0 Å². The Labute approximate surface area is 94.8 Å². The van der Waals surface area contributed by atoms with Crippen LogP contribution in [0.3, 0.4) is 0 Å². The summed E-state index contributed by atoms with van der Waals surface area (Å²) in [4.78, 5) is 0. The van der Waals surface area contributed by atoms with Crippen LogP contribution in [0.15, 0.2) is 0 Å². The van der Waals surface area contributed by atoms with Crippen molar-refractivity contribution in [3.8, 4) is 0 Å². The first-order chi connectivity index (χ1) is 7.31. The normalized spacial score (nSPS) is 29.0. The Balaban J connectivity index is 2.39. The van der Waals surface area contributed by atoms with Gasteiger partial charge in [0.05, 0.1) is 6.10 Å². The third kappa shape index (κ3) is 4.12. The van der Waals surface area contributed by atoms with Gasteiger partial charge in [0.1, 0.15) is 0 Å². The first-order valence-corrected chi connectivity index (χ1v) is 6.60. The molecule has 1 heterocycles. The van der Waals surface area contributed by atoms with Gasteiger partial charge >= 0.3 is 0 Å². The van der Waals surface area contributed by atoms with E-state index in [1.165, 1.54) is 38.5 Å². The lowest BCUT2D eigenvalue weighted by atomic mass is 9.85. The zero-order valence-electron chi connectivity index (χ0n) is 10.6. The molecule has 0 spiro atoms. The summed E-state index contributed by atoms with van der Waals surface area (Å²) in [6.45, 7) is 5.49. The lowest BCUT2D eigenvalue weighted by molar-refractivity contribution is -0.0215. The molecular weight excluding hydrogens is 186 g/mol. The average Bonchev–Trinajstić information content (AvgIpc) is 2.27. The van der Waals surface area contributed by atoms with Crippen LogP contribution in [0.5, 0.6) is 0 Å². The first-order valence-electron chi connectivity index (χ1n) is 6.60. The molecule has 1 aliphatic heterocycles. The predicted octanol–water partition coefficient (Wildman–Crippen LogP) is 2.97. The molecule has 3 atom stereocenters. The number of ether oxygens (including phenoxy) is 1. The molecule has 0 aromatic carbocycles. The van der Waals surface area contributed by atoms with E-state index in [0.717, 1.165) is 12.5 Å². The second-order valence-electron chi connectivity index (χ2n) is 4.75. The van der Waals surface area contributed by atoms with Crippen LogP contribution < -0.4 is 5.32 Å². The van der Waals surface area contributed by atoms with Crippen molar-refractivity contribution < 1.29 is 4.74 Å². The Morgan fingerprint density at radius 3 is 2.73 bits per heavy atom. The van der Waals surface area contributed by atoms with Crippen molar-refractivity contribution in [1.82, 2.24) is 5.32 Å². The minimum Gasteiger partial charge on any atom is -0.378 e. The van der Waals surface area contributed by atoms with E-state index in [9.17, 15) is 0 Å². The fraction of sp³-hybridized carbons (Fsp3) is 1.00. The molecule has 1 N–H and O–H groups in total. The van der Waals surface area contributed by atoms with Gasteiger partial charge in [0.2, 0.25) is 0 Å². The van der Waals surface area contributed by atoms with E-state index >= 15 is 0 Å². The molecule has 3 unspecified atom stereocenters. The van der Waals surface area contributed by atoms with Gasteiger partial charge in [0.25, 0.3) is 0 Å². The van der Waals surface area contributed by atoms with Crippen LogP contribution in [0.2, 0.25) is 0 Å². The van der Waals surface area contributed by atoms with Crippen molar-refractivity contribution in [3.63, 3.8) is 0 Å². The van der Waals surface area contributed by atoms with Crippen LogP contribution in [0.25, 0.3) is 0 Å². The maximum Gasteiger partial charge on any atom is 0.0578 e. The van der Waals surface area contributed by atoms with Gasteiger partial charge in [0.15, 0.2) is 0 Å². The predicted molar refractivity (Wildman–Crippen MR) is 65.1 cm³/mol. The van der Waals surface area contributed by atoms with Crippen molar-refractivity contribution in [2.45, 2.75) is 64.5 Å². The molecule has 0 bridgehead atoms. The fourth-order valence-corrected chi connectivity index (χ4v) is 2.73. The van der Waals surface area contributed by atoms with E-state index in [0.29, 0.717) is 12.1 Å². The number of rotatable bonds is 6. The maximum atomic E-state index is 5.79. The molecule has 0 radical (unpaired) electrons. The van der Waals surface area contributed by atoms with Gasteiger partial charge < -0.3 is 10.1 Å². The van der Waals surface area contributed by atoms with Crippen molar-refractivity contribution in [1.29, 1.82) is 0 Å². The Morgan fingerprint density at radius 1 is 1.33 bits per heavy atom. The second kappa shape index (κ2) is 7.24.